The van der Waals surface area contributed by atoms with Gasteiger partial charge in [0.1, 0.15) is 0 Å². The maximum atomic E-state index is 11.1. The molecule has 0 bridgehead atoms. The van der Waals surface area contributed by atoms with E-state index in [1.54, 1.807) is 0 Å². The molecule has 0 aliphatic heterocycles. The van der Waals surface area contributed by atoms with E-state index in [2.05, 4.69) is 243 Å². The summed E-state index contributed by atoms with van der Waals surface area (Å²) >= 11 is 0. The van der Waals surface area contributed by atoms with Crippen LogP contribution in [0.3, 0.4) is 0 Å². The molecule has 16 aromatic rings. The van der Waals surface area contributed by atoms with Crippen LogP contribution in [0.15, 0.2) is 212 Å². The minimum absolute atomic E-state index is 0.515. The number of nitriles is 4. The SMILES string of the molecule is Cc1ccc2c(c1)c1cc(C)ccc1n2-c1cc(C#N)cc(-n2c3ccc(C)cc3c3cc(Cc4cc5c6ccc(C)cc6n(-c6cc(C#N)cc(-n7c8cc(C)ccc8c8ccc(C)cc87)c6-c6cccc(C#N)c6)c5cc4C)ccc32)c1-c1cccc(C#N)c1. The largest absolute Gasteiger partial charge is 0.308 e. The molecule has 12 aromatic carbocycles. The van der Waals surface area contributed by atoms with Crippen LogP contribution < -0.4 is 0 Å². The predicted molar refractivity (Wildman–Crippen MR) is 376 cm³/mol. The molecule has 0 atom stereocenters. The molecule has 0 aliphatic carbocycles. The second kappa shape index (κ2) is 21.0. The van der Waals surface area contributed by atoms with Crippen LogP contribution in [0.2, 0.25) is 0 Å². The van der Waals surface area contributed by atoms with Gasteiger partial charge in [0, 0.05) is 54.2 Å². The molecule has 0 fully saturated rings. The number of aryl methyl sites for hydroxylation is 7. The summed E-state index contributed by atoms with van der Waals surface area (Å²) in [6.07, 6.45) is 0.647. The fourth-order valence-electron chi connectivity index (χ4n) is 14.7. The van der Waals surface area contributed by atoms with Crippen LogP contribution in [-0.4, -0.2) is 18.3 Å². The van der Waals surface area contributed by atoms with E-state index >= 15 is 0 Å². The van der Waals surface area contributed by atoms with Crippen molar-refractivity contribution in [2.45, 2.75) is 54.9 Å². The van der Waals surface area contributed by atoms with Gasteiger partial charge in [0.25, 0.3) is 0 Å². The summed E-state index contributed by atoms with van der Waals surface area (Å²) in [5.41, 5.74) is 27.4. The first-order valence-electron chi connectivity index (χ1n) is 31.1. The minimum Gasteiger partial charge on any atom is -0.308 e. The predicted octanol–water partition coefficient (Wildman–Crippen LogP) is 20.6. The molecule has 0 unspecified atom stereocenters. The molecular formula is C84H58N8. The van der Waals surface area contributed by atoms with E-state index in [4.69, 9.17) is 0 Å². The van der Waals surface area contributed by atoms with E-state index in [0.29, 0.717) is 28.7 Å². The second-order valence-corrected chi connectivity index (χ2v) is 25.2. The second-order valence-electron chi connectivity index (χ2n) is 25.2. The number of rotatable bonds is 8. The zero-order valence-electron chi connectivity index (χ0n) is 52.0. The molecular weight excluding hydrogens is 1120 g/mol. The molecule has 0 saturated heterocycles. The molecule has 0 N–H and O–H groups in total. The van der Waals surface area contributed by atoms with Crippen molar-refractivity contribution < 1.29 is 0 Å². The number of hydrogen-bond acceptors (Lipinski definition) is 4. The van der Waals surface area contributed by atoms with Crippen molar-refractivity contribution in [1.29, 1.82) is 21.0 Å². The normalized spacial score (nSPS) is 11.6. The highest BCUT2D eigenvalue weighted by Crippen LogP contribution is 2.47. The first-order chi connectivity index (χ1) is 44.7. The average molecular weight is 1180 g/mol. The molecule has 4 aromatic heterocycles. The number of benzene rings is 12. The van der Waals surface area contributed by atoms with Crippen LogP contribution >= 0.6 is 0 Å². The molecule has 434 valence electrons. The topological polar surface area (TPSA) is 115 Å². The summed E-state index contributed by atoms with van der Waals surface area (Å²) in [6, 6.07) is 84.9. The Morgan fingerprint density at radius 3 is 1.00 bits per heavy atom. The quantitative estimate of drug-likeness (QED) is 0.151. The van der Waals surface area contributed by atoms with Gasteiger partial charge < -0.3 is 18.3 Å². The lowest BCUT2D eigenvalue weighted by Gasteiger charge is -2.21. The van der Waals surface area contributed by atoms with Gasteiger partial charge in [0.15, 0.2) is 0 Å². The molecule has 4 heterocycles. The average Bonchev–Trinajstić information content (AvgIpc) is 1.54. The Labute approximate surface area is 532 Å². The summed E-state index contributed by atoms with van der Waals surface area (Å²) in [7, 11) is 0. The van der Waals surface area contributed by atoms with E-state index in [1.807, 2.05) is 60.7 Å². The van der Waals surface area contributed by atoms with Gasteiger partial charge in [0.05, 0.1) is 113 Å². The van der Waals surface area contributed by atoms with Crippen molar-refractivity contribution in [3.8, 4) is 69.3 Å². The molecule has 0 radical (unpaired) electrons. The van der Waals surface area contributed by atoms with Gasteiger partial charge in [-0.15, -0.1) is 0 Å². The fourth-order valence-corrected chi connectivity index (χ4v) is 14.7. The van der Waals surface area contributed by atoms with Crippen LogP contribution in [0, 0.1) is 93.8 Å². The zero-order valence-corrected chi connectivity index (χ0v) is 52.0. The standard InChI is InChI=1S/C84H58N8/c1-48-17-24-71-66(28-48)67-29-49(2)18-25-72(67)89(71)79-39-58(46-87)40-80(83(79)60-12-8-10-56(36-60)44-85)90-73-26-19-50(3)30-68(73)69-38-55(20-27-74(69)90)35-62-43-70-65-23-16-53(6)33-77(65)92(78(70)34-54(62)7)82-42-59(47-88)41-81(84(82)61-13-9-11-57(37-61)45-86)91-75-31-51(4)14-21-63(75)64-22-15-52(5)32-76(64)91/h8-34,36-43H,35H2,1-7H3. The Balaban J connectivity index is 0.904. The highest BCUT2D eigenvalue weighted by atomic mass is 15.0. The molecule has 8 nitrogen and oxygen atoms in total. The van der Waals surface area contributed by atoms with Crippen LogP contribution in [0.1, 0.15) is 72.3 Å². The number of nitrogens with zero attached hydrogens (tertiary/aromatic N) is 8. The first kappa shape index (κ1) is 55.1. The van der Waals surface area contributed by atoms with Crippen LogP contribution in [-0.2, 0) is 6.42 Å². The molecule has 8 heteroatoms. The zero-order chi connectivity index (χ0) is 63.0. The maximum absolute atomic E-state index is 11.1. The van der Waals surface area contributed by atoms with Gasteiger partial charge in [-0.25, -0.2) is 0 Å². The van der Waals surface area contributed by atoms with Gasteiger partial charge in [-0.05, 0) is 227 Å². The summed E-state index contributed by atoms with van der Waals surface area (Å²) < 4.78 is 9.30. The first-order valence-corrected chi connectivity index (χ1v) is 31.1. The number of fused-ring (bicyclic) bond motifs is 12. The number of aromatic nitrogens is 4. The summed E-state index contributed by atoms with van der Waals surface area (Å²) in [6.45, 7) is 15.0. The lowest BCUT2D eigenvalue weighted by atomic mass is 9.96. The Hall–Kier alpha value is -12.2. The monoisotopic (exact) mass is 1180 g/mol. The smallest absolute Gasteiger partial charge is 0.0993 e. The molecule has 0 spiro atoms. The third-order valence-corrected chi connectivity index (χ3v) is 18.9. The Kier molecular flexibility index (Phi) is 12.6. The van der Waals surface area contributed by atoms with Crippen LogP contribution in [0.25, 0.3) is 132 Å². The van der Waals surface area contributed by atoms with Gasteiger partial charge in [-0.2, -0.15) is 21.0 Å². The molecule has 0 amide bonds. The van der Waals surface area contributed by atoms with Gasteiger partial charge in [-0.1, -0.05) is 102 Å². The van der Waals surface area contributed by atoms with E-state index in [-0.39, 0.29) is 0 Å². The Morgan fingerprint density at radius 2 is 0.598 bits per heavy atom. The van der Waals surface area contributed by atoms with Crippen molar-refractivity contribution >= 4 is 87.2 Å². The molecule has 16 rings (SSSR count). The van der Waals surface area contributed by atoms with Gasteiger partial charge >= 0.3 is 0 Å². The van der Waals surface area contributed by atoms with Crippen LogP contribution in [0.4, 0.5) is 0 Å². The number of hydrogen-bond donors (Lipinski definition) is 0. The fraction of sp³-hybridized carbons (Fsp3) is 0.0952. The molecule has 0 aliphatic rings. The van der Waals surface area contributed by atoms with E-state index in [0.717, 1.165) is 177 Å². The van der Waals surface area contributed by atoms with Crippen molar-refractivity contribution in [3.05, 3.63) is 285 Å². The lowest BCUT2D eigenvalue weighted by Crippen LogP contribution is -2.05. The van der Waals surface area contributed by atoms with Crippen molar-refractivity contribution in [3.63, 3.8) is 0 Å². The summed E-state index contributed by atoms with van der Waals surface area (Å²) in [5.74, 6) is 0. The summed E-state index contributed by atoms with van der Waals surface area (Å²) in [5, 5.41) is 51.9. The highest BCUT2D eigenvalue weighted by molar-refractivity contribution is 6.15. The van der Waals surface area contributed by atoms with Crippen LogP contribution in [0.5, 0.6) is 0 Å². The maximum Gasteiger partial charge on any atom is 0.0993 e. The molecule has 0 saturated carbocycles. The Bertz CT molecular complexity index is 6000. The Morgan fingerprint density at radius 1 is 0.272 bits per heavy atom. The van der Waals surface area contributed by atoms with Gasteiger partial charge in [0.2, 0.25) is 0 Å². The summed E-state index contributed by atoms with van der Waals surface area (Å²) in [4.78, 5) is 0. The van der Waals surface area contributed by atoms with E-state index in [1.165, 1.54) is 5.56 Å². The lowest BCUT2D eigenvalue weighted by molar-refractivity contribution is 1.12. The van der Waals surface area contributed by atoms with Crippen molar-refractivity contribution in [1.82, 2.24) is 18.3 Å². The van der Waals surface area contributed by atoms with E-state index in [9.17, 15) is 21.0 Å². The third kappa shape index (κ3) is 8.61. The van der Waals surface area contributed by atoms with Gasteiger partial charge in [-0.3, -0.25) is 0 Å². The van der Waals surface area contributed by atoms with E-state index < -0.39 is 0 Å². The minimum atomic E-state index is 0.515. The molecule has 92 heavy (non-hydrogen) atoms. The third-order valence-electron chi connectivity index (χ3n) is 18.9. The highest BCUT2D eigenvalue weighted by Gasteiger charge is 2.27. The van der Waals surface area contributed by atoms with Crippen molar-refractivity contribution in [2.75, 3.05) is 0 Å². The van der Waals surface area contributed by atoms with Crippen molar-refractivity contribution in [2.24, 2.45) is 0 Å².